The van der Waals surface area contributed by atoms with Crippen LogP contribution in [0.2, 0.25) is 0 Å². The molecule has 2 N–H and O–H groups in total. The molecule has 1 aromatic carbocycles. The highest BCUT2D eigenvalue weighted by atomic mass is 19.1. The molecule has 0 spiro atoms. The van der Waals surface area contributed by atoms with E-state index in [0.29, 0.717) is 11.1 Å². The number of allylic oxidation sites excluding steroid dienone is 2. The molecule has 0 radical (unpaired) electrons. The number of aliphatic hydroxyl groups is 1. The van der Waals surface area contributed by atoms with Crippen LogP contribution >= 0.6 is 0 Å². The Bertz CT molecular complexity index is 508. The molecule has 0 amide bonds. The van der Waals surface area contributed by atoms with E-state index in [9.17, 15) is 14.3 Å². The second-order valence-electron chi connectivity index (χ2n) is 4.85. The van der Waals surface area contributed by atoms with Crippen molar-refractivity contribution in [2.24, 2.45) is 0 Å². The standard InChI is InChI=1S/C15H17FO3/c16-13-8-10(9-14(17)15(18)19)6-7-12(13)11-4-2-1-3-5-11/h4,6-8,14,17H,1-3,5,9H2,(H,18,19). The molecule has 1 aliphatic carbocycles. The summed E-state index contributed by atoms with van der Waals surface area (Å²) < 4.78 is 14.0. The van der Waals surface area contributed by atoms with Gasteiger partial charge in [0.25, 0.3) is 0 Å². The zero-order valence-electron chi connectivity index (χ0n) is 10.6. The van der Waals surface area contributed by atoms with Gasteiger partial charge < -0.3 is 10.2 Å². The van der Waals surface area contributed by atoms with Crippen LogP contribution in [0, 0.1) is 5.82 Å². The van der Waals surface area contributed by atoms with Crippen molar-refractivity contribution in [3.63, 3.8) is 0 Å². The number of aliphatic carboxylic acids is 1. The molecular formula is C15H17FO3. The van der Waals surface area contributed by atoms with E-state index >= 15 is 0 Å². The number of carbonyl (C=O) groups is 1. The minimum Gasteiger partial charge on any atom is -0.479 e. The van der Waals surface area contributed by atoms with E-state index in [0.717, 1.165) is 31.3 Å². The van der Waals surface area contributed by atoms with Crippen molar-refractivity contribution in [3.05, 3.63) is 41.2 Å². The summed E-state index contributed by atoms with van der Waals surface area (Å²) >= 11 is 0. The Kier molecular flexibility index (Phi) is 4.32. The fourth-order valence-electron chi connectivity index (χ4n) is 2.34. The van der Waals surface area contributed by atoms with Gasteiger partial charge in [0, 0.05) is 12.0 Å². The first-order chi connectivity index (χ1) is 9.08. The number of benzene rings is 1. The summed E-state index contributed by atoms with van der Waals surface area (Å²) in [6.45, 7) is 0. The Morgan fingerprint density at radius 3 is 2.74 bits per heavy atom. The van der Waals surface area contributed by atoms with Crippen LogP contribution < -0.4 is 0 Å². The molecule has 1 atom stereocenters. The van der Waals surface area contributed by atoms with Crippen molar-refractivity contribution in [1.29, 1.82) is 0 Å². The fourth-order valence-corrected chi connectivity index (χ4v) is 2.34. The van der Waals surface area contributed by atoms with E-state index in [4.69, 9.17) is 5.11 Å². The third-order valence-electron chi connectivity index (χ3n) is 3.38. The lowest BCUT2D eigenvalue weighted by Crippen LogP contribution is -2.22. The lowest BCUT2D eigenvalue weighted by atomic mass is 9.92. The van der Waals surface area contributed by atoms with E-state index in [1.165, 1.54) is 6.07 Å². The van der Waals surface area contributed by atoms with Crippen molar-refractivity contribution in [1.82, 2.24) is 0 Å². The molecular weight excluding hydrogens is 247 g/mol. The zero-order valence-corrected chi connectivity index (χ0v) is 10.6. The molecule has 102 valence electrons. The van der Waals surface area contributed by atoms with Gasteiger partial charge in [-0.1, -0.05) is 18.2 Å². The summed E-state index contributed by atoms with van der Waals surface area (Å²) in [5, 5.41) is 17.9. The lowest BCUT2D eigenvalue weighted by molar-refractivity contribution is -0.146. The number of aliphatic hydroxyl groups excluding tert-OH is 1. The van der Waals surface area contributed by atoms with Gasteiger partial charge in [0.1, 0.15) is 5.82 Å². The normalized spacial score (nSPS) is 16.8. The predicted octanol–water partition coefficient (Wildman–Crippen LogP) is 2.77. The zero-order chi connectivity index (χ0) is 13.8. The highest BCUT2D eigenvalue weighted by Crippen LogP contribution is 2.29. The Morgan fingerprint density at radius 1 is 1.37 bits per heavy atom. The molecule has 1 unspecified atom stereocenters. The third kappa shape index (κ3) is 3.41. The second kappa shape index (κ2) is 5.97. The minimum absolute atomic E-state index is 0.0778. The van der Waals surface area contributed by atoms with Gasteiger partial charge in [-0.25, -0.2) is 9.18 Å². The molecule has 4 heteroatoms. The SMILES string of the molecule is O=C(O)C(O)Cc1ccc(C2=CCCCC2)c(F)c1. The number of carboxylic acid groups (broad SMARTS) is 1. The molecule has 2 rings (SSSR count). The maximum atomic E-state index is 14.0. The van der Waals surface area contributed by atoms with Crippen molar-refractivity contribution in [2.75, 3.05) is 0 Å². The molecule has 0 saturated carbocycles. The van der Waals surface area contributed by atoms with Crippen molar-refractivity contribution in [2.45, 2.75) is 38.2 Å². The molecule has 0 aliphatic heterocycles. The van der Waals surface area contributed by atoms with Gasteiger partial charge in [-0.3, -0.25) is 0 Å². The number of hydrogen-bond acceptors (Lipinski definition) is 2. The molecule has 0 saturated heterocycles. The van der Waals surface area contributed by atoms with Gasteiger partial charge >= 0.3 is 5.97 Å². The monoisotopic (exact) mass is 264 g/mol. The summed E-state index contributed by atoms with van der Waals surface area (Å²) in [6.07, 6.45) is 4.58. The first kappa shape index (κ1) is 13.7. The summed E-state index contributed by atoms with van der Waals surface area (Å²) in [5.74, 6) is -1.64. The van der Waals surface area contributed by atoms with E-state index < -0.39 is 12.1 Å². The highest BCUT2D eigenvalue weighted by molar-refractivity contribution is 5.72. The Morgan fingerprint density at radius 2 is 2.16 bits per heavy atom. The largest absolute Gasteiger partial charge is 0.479 e. The van der Waals surface area contributed by atoms with Crippen LogP contribution in [-0.2, 0) is 11.2 Å². The summed E-state index contributed by atoms with van der Waals surface area (Å²) in [6, 6.07) is 4.67. The molecule has 19 heavy (non-hydrogen) atoms. The maximum absolute atomic E-state index is 14.0. The summed E-state index contributed by atoms with van der Waals surface area (Å²) in [4.78, 5) is 10.5. The first-order valence-corrected chi connectivity index (χ1v) is 6.46. The van der Waals surface area contributed by atoms with Crippen LogP contribution in [0.4, 0.5) is 4.39 Å². The Labute approximate surface area is 111 Å². The van der Waals surface area contributed by atoms with Gasteiger partial charge in [-0.15, -0.1) is 0 Å². The average Bonchev–Trinajstić information content (AvgIpc) is 2.39. The van der Waals surface area contributed by atoms with E-state index in [1.54, 1.807) is 12.1 Å². The number of hydrogen-bond donors (Lipinski definition) is 2. The average molecular weight is 264 g/mol. The number of halogens is 1. The van der Waals surface area contributed by atoms with Gasteiger partial charge in [0.15, 0.2) is 6.10 Å². The fraction of sp³-hybridized carbons (Fsp3) is 0.400. The molecule has 0 bridgehead atoms. The molecule has 0 heterocycles. The number of rotatable bonds is 4. The van der Waals surface area contributed by atoms with Crippen LogP contribution in [-0.4, -0.2) is 22.3 Å². The molecule has 0 aromatic heterocycles. The summed E-state index contributed by atoms with van der Waals surface area (Å²) in [7, 11) is 0. The Hall–Kier alpha value is -1.68. The van der Waals surface area contributed by atoms with Crippen LogP contribution in [0.5, 0.6) is 0 Å². The van der Waals surface area contributed by atoms with Crippen LogP contribution in [0.15, 0.2) is 24.3 Å². The van der Waals surface area contributed by atoms with Crippen LogP contribution in [0.3, 0.4) is 0 Å². The van der Waals surface area contributed by atoms with Gasteiger partial charge in [-0.2, -0.15) is 0 Å². The van der Waals surface area contributed by atoms with Gasteiger partial charge in [0.2, 0.25) is 0 Å². The van der Waals surface area contributed by atoms with Crippen molar-refractivity contribution < 1.29 is 19.4 Å². The van der Waals surface area contributed by atoms with Crippen molar-refractivity contribution in [3.8, 4) is 0 Å². The van der Waals surface area contributed by atoms with Crippen LogP contribution in [0.25, 0.3) is 5.57 Å². The second-order valence-corrected chi connectivity index (χ2v) is 4.85. The van der Waals surface area contributed by atoms with E-state index in [1.807, 2.05) is 0 Å². The third-order valence-corrected chi connectivity index (χ3v) is 3.38. The lowest BCUT2D eigenvalue weighted by Gasteiger charge is -2.14. The minimum atomic E-state index is -1.49. The van der Waals surface area contributed by atoms with E-state index in [2.05, 4.69) is 6.08 Å². The van der Waals surface area contributed by atoms with Crippen molar-refractivity contribution >= 4 is 11.5 Å². The maximum Gasteiger partial charge on any atom is 0.332 e. The first-order valence-electron chi connectivity index (χ1n) is 6.46. The quantitative estimate of drug-likeness (QED) is 0.879. The molecule has 1 aliphatic rings. The smallest absolute Gasteiger partial charge is 0.332 e. The summed E-state index contributed by atoms with van der Waals surface area (Å²) in [5.41, 5.74) is 2.11. The molecule has 0 fully saturated rings. The molecule has 3 nitrogen and oxygen atoms in total. The predicted molar refractivity (Wildman–Crippen MR) is 70.2 cm³/mol. The number of carboxylic acids is 1. The van der Waals surface area contributed by atoms with E-state index in [-0.39, 0.29) is 12.2 Å². The Balaban J connectivity index is 2.17. The van der Waals surface area contributed by atoms with Gasteiger partial charge in [-0.05, 0) is 42.9 Å². The molecule has 1 aromatic rings. The van der Waals surface area contributed by atoms with Gasteiger partial charge in [0.05, 0.1) is 0 Å². The topological polar surface area (TPSA) is 57.5 Å². The van der Waals surface area contributed by atoms with Crippen LogP contribution in [0.1, 0.15) is 36.8 Å². The highest BCUT2D eigenvalue weighted by Gasteiger charge is 2.16.